The maximum absolute atomic E-state index is 12.7. The van der Waals surface area contributed by atoms with E-state index in [9.17, 15) is 8.42 Å². The molecule has 1 fully saturated rings. The van der Waals surface area contributed by atoms with Gasteiger partial charge in [-0.1, -0.05) is 11.2 Å². The summed E-state index contributed by atoms with van der Waals surface area (Å²) in [5, 5.41) is 3.76. The van der Waals surface area contributed by atoms with Crippen molar-refractivity contribution >= 4 is 10.0 Å². The molecule has 2 aliphatic rings. The number of fused-ring (bicyclic) bond motifs is 1. The highest BCUT2D eigenvalue weighted by atomic mass is 32.2. The second-order valence-corrected chi connectivity index (χ2v) is 8.27. The van der Waals surface area contributed by atoms with Gasteiger partial charge in [0.15, 0.2) is 5.82 Å². The molecule has 1 aliphatic heterocycles. The number of aromatic nitrogens is 2. The zero-order valence-electron chi connectivity index (χ0n) is 13.0. The van der Waals surface area contributed by atoms with Gasteiger partial charge >= 0.3 is 0 Å². The van der Waals surface area contributed by atoms with Crippen molar-refractivity contribution in [3.8, 4) is 0 Å². The van der Waals surface area contributed by atoms with Crippen LogP contribution < -0.4 is 0 Å². The summed E-state index contributed by atoms with van der Waals surface area (Å²) >= 11 is 0. The lowest BCUT2D eigenvalue weighted by molar-refractivity contribution is 0.216. The number of rotatable bonds is 3. The van der Waals surface area contributed by atoms with E-state index < -0.39 is 10.0 Å². The standard InChI is InChI=1S/C16H19N3O3S/c1-11-17-16(22-18-11)14-9-19(10-14)23(20,21)15-7-6-12-4-2-3-5-13(12)8-15/h6-8,14H,2-5,9-10H2,1H3. The van der Waals surface area contributed by atoms with E-state index in [-0.39, 0.29) is 5.92 Å². The van der Waals surface area contributed by atoms with Gasteiger partial charge in [0.05, 0.1) is 10.8 Å². The predicted molar refractivity (Wildman–Crippen MR) is 83.6 cm³/mol. The Labute approximate surface area is 135 Å². The van der Waals surface area contributed by atoms with Gasteiger partial charge in [-0.05, 0) is 55.9 Å². The molecule has 2 aromatic rings. The summed E-state index contributed by atoms with van der Waals surface area (Å²) < 4.78 is 32.1. The first-order valence-electron chi connectivity index (χ1n) is 7.96. The molecule has 23 heavy (non-hydrogen) atoms. The number of sulfonamides is 1. The van der Waals surface area contributed by atoms with Gasteiger partial charge in [-0.2, -0.15) is 9.29 Å². The van der Waals surface area contributed by atoms with Crippen molar-refractivity contribution in [2.75, 3.05) is 13.1 Å². The molecule has 0 bridgehead atoms. The first kappa shape index (κ1) is 14.8. The molecule has 0 saturated carbocycles. The van der Waals surface area contributed by atoms with Crippen LogP contribution in [-0.4, -0.2) is 36.0 Å². The number of benzene rings is 1. The molecule has 7 heteroatoms. The Morgan fingerprint density at radius 2 is 1.91 bits per heavy atom. The lowest BCUT2D eigenvalue weighted by atomic mass is 9.92. The second-order valence-electron chi connectivity index (χ2n) is 6.34. The molecule has 0 radical (unpaired) electrons. The van der Waals surface area contributed by atoms with Crippen LogP contribution in [0, 0.1) is 6.92 Å². The summed E-state index contributed by atoms with van der Waals surface area (Å²) in [7, 11) is -3.43. The van der Waals surface area contributed by atoms with Gasteiger partial charge in [-0.3, -0.25) is 0 Å². The molecule has 4 rings (SSSR count). The minimum absolute atomic E-state index is 0.00334. The monoisotopic (exact) mass is 333 g/mol. The third-order valence-corrected chi connectivity index (χ3v) is 6.53. The Kier molecular flexibility index (Phi) is 3.50. The molecule has 0 atom stereocenters. The fourth-order valence-corrected chi connectivity index (χ4v) is 4.87. The molecule has 0 spiro atoms. The lowest BCUT2D eigenvalue weighted by Gasteiger charge is -2.36. The van der Waals surface area contributed by atoms with Crippen LogP contribution in [0.25, 0.3) is 0 Å². The highest BCUT2D eigenvalue weighted by Gasteiger charge is 2.40. The minimum Gasteiger partial charge on any atom is -0.339 e. The van der Waals surface area contributed by atoms with E-state index in [0.717, 1.165) is 19.3 Å². The first-order valence-corrected chi connectivity index (χ1v) is 9.40. The molecule has 2 heterocycles. The molecule has 122 valence electrons. The quantitative estimate of drug-likeness (QED) is 0.859. The Bertz CT molecular complexity index is 838. The normalized spacial score (nSPS) is 19.3. The summed E-state index contributed by atoms with van der Waals surface area (Å²) in [6.07, 6.45) is 4.36. The highest BCUT2D eigenvalue weighted by Crippen LogP contribution is 2.32. The third kappa shape index (κ3) is 2.57. The zero-order valence-corrected chi connectivity index (χ0v) is 13.8. The topological polar surface area (TPSA) is 76.3 Å². The van der Waals surface area contributed by atoms with Crippen LogP contribution in [-0.2, 0) is 22.9 Å². The second kappa shape index (κ2) is 5.42. The predicted octanol–water partition coefficient (Wildman–Crippen LogP) is 2.04. The van der Waals surface area contributed by atoms with Crippen molar-refractivity contribution in [1.29, 1.82) is 0 Å². The molecule has 1 saturated heterocycles. The maximum Gasteiger partial charge on any atom is 0.243 e. The van der Waals surface area contributed by atoms with Crippen LogP contribution in [0.2, 0.25) is 0 Å². The molecule has 0 amide bonds. The molecule has 0 unspecified atom stereocenters. The van der Waals surface area contributed by atoms with E-state index in [2.05, 4.69) is 10.1 Å². The van der Waals surface area contributed by atoms with Crippen LogP contribution in [0.4, 0.5) is 0 Å². The van der Waals surface area contributed by atoms with Gasteiger partial charge in [0.2, 0.25) is 15.9 Å². The molecular formula is C16H19N3O3S. The van der Waals surface area contributed by atoms with Gasteiger partial charge in [-0.15, -0.1) is 0 Å². The van der Waals surface area contributed by atoms with Crippen molar-refractivity contribution in [2.45, 2.75) is 43.4 Å². The van der Waals surface area contributed by atoms with Gasteiger partial charge in [0.25, 0.3) is 0 Å². The average Bonchev–Trinajstić information content (AvgIpc) is 2.91. The molecule has 1 aromatic heterocycles. The van der Waals surface area contributed by atoms with E-state index >= 15 is 0 Å². The van der Waals surface area contributed by atoms with Crippen molar-refractivity contribution < 1.29 is 12.9 Å². The Hall–Kier alpha value is -1.73. The van der Waals surface area contributed by atoms with E-state index in [1.165, 1.54) is 21.9 Å². The largest absolute Gasteiger partial charge is 0.339 e. The molecule has 1 aliphatic carbocycles. The molecule has 0 N–H and O–H groups in total. The number of hydrogen-bond donors (Lipinski definition) is 0. The average molecular weight is 333 g/mol. The fraction of sp³-hybridized carbons (Fsp3) is 0.500. The van der Waals surface area contributed by atoms with Crippen LogP contribution in [0.5, 0.6) is 0 Å². The summed E-state index contributed by atoms with van der Waals surface area (Å²) in [4.78, 5) is 4.58. The van der Waals surface area contributed by atoms with E-state index in [0.29, 0.717) is 29.7 Å². The van der Waals surface area contributed by atoms with E-state index in [1.807, 2.05) is 12.1 Å². The Balaban J connectivity index is 1.53. The minimum atomic E-state index is -3.43. The number of aryl methyl sites for hydroxylation is 3. The molecular weight excluding hydrogens is 314 g/mol. The first-order chi connectivity index (χ1) is 11.0. The van der Waals surface area contributed by atoms with Gasteiger partial charge in [-0.25, -0.2) is 8.42 Å². The van der Waals surface area contributed by atoms with Crippen molar-refractivity contribution in [2.24, 2.45) is 0 Å². The number of nitrogens with zero attached hydrogens (tertiary/aromatic N) is 3. The molecule has 6 nitrogen and oxygen atoms in total. The van der Waals surface area contributed by atoms with Crippen LogP contribution in [0.1, 0.15) is 41.6 Å². The van der Waals surface area contributed by atoms with Gasteiger partial charge in [0, 0.05) is 13.1 Å². The van der Waals surface area contributed by atoms with Crippen molar-refractivity contribution in [3.63, 3.8) is 0 Å². The van der Waals surface area contributed by atoms with E-state index in [4.69, 9.17) is 4.52 Å². The van der Waals surface area contributed by atoms with Crippen LogP contribution >= 0.6 is 0 Å². The van der Waals surface area contributed by atoms with Crippen LogP contribution in [0.15, 0.2) is 27.6 Å². The summed E-state index contributed by atoms with van der Waals surface area (Å²) in [6.45, 7) is 2.56. The van der Waals surface area contributed by atoms with Crippen LogP contribution in [0.3, 0.4) is 0 Å². The fourth-order valence-electron chi connectivity index (χ4n) is 3.29. The lowest BCUT2D eigenvalue weighted by Crippen LogP contribution is -2.48. The SMILES string of the molecule is Cc1noc(C2CN(S(=O)(=O)c3ccc4c(c3)CCCC4)C2)n1. The summed E-state index contributed by atoms with van der Waals surface area (Å²) in [5.41, 5.74) is 2.47. The summed E-state index contributed by atoms with van der Waals surface area (Å²) in [5.74, 6) is 1.11. The highest BCUT2D eigenvalue weighted by molar-refractivity contribution is 7.89. The Morgan fingerprint density at radius 3 is 2.61 bits per heavy atom. The van der Waals surface area contributed by atoms with Gasteiger partial charge in [0.1, 0.15) is 0 Å². The number of hydrogen-bond acceptors (Lipinski definition) is 5. The molecule has 1 aromatic carbocycles. The van der Waals surface area contributed by atoms with Crippen molar-refractivity contribution in [1.82, 2.24) is 14.4 Å². The smallest absolute Gasteiger partial charge is 0.243 e. The van der Waals surface area contributed by atoms with Gasteiger partial charge < -0.3 is 4.52 Å². The van der Waals surface area contributed by atoms with Crippen molar-refractivity contribution in [3.05, 3.63) is 41.0 Å². The zero-order chi connectivity index (χ0) is 16.0. The maximum atomic E-state index is 12.7. The van der Waals surface area contributed by atoms with E-state index in [1.54, 1.807) is 13.0 Å². The third-order valence-electron chi connectivity index (χ3n) is 4.70. The summed E-state index contributed by atoms with van der Waals surface area (Å²) in [6, 6.07) is 5.57. The Morgan fingerprint density at radius 1 is 1.17 bits per heavy atom.